The normalized spacial score (nSPS) is 21.2. The number of amides is 2. The second kappa shape index (κ2) is 10.3. The molecule has 4 rings (SSSR count). The third kappa shape index (κ3) is 5.70. The molecule has 2 aromatic carbocycles. The molecule has 2 saturated heterocycles. The van der Waals surface area contributed by atoms with Gasteiger partial charge in [0.05, 0.1) is 29.7 Å². The first-order chi connectivity index (χ1) is 17.7. The zero-order chi connectivity index (χ0) is 28.0. The maximum atomic E-state index is 14.8. The van der Waals surface area contributed by atoms with Gasteiger partial charge in [-0.15, -0.1) is 0 Å². The molecule has 12 heteroatoms. The van der Waals surface area contributed by atoms with Gasteiger partial charge in [0.15, 0.2) is 9.84 Å². The van der Waals surface area contributed by atoms with Crippen LogP contribution in [0.3, 0.4) is 0 Å². The van der Waals surface area contributed by atoms with Gasteiger partial charge in [0.2, 0.25) is 5.91 Å². The van der Waals surface area contributed by atoms with Crippen LogP contribution < -0.4 is 5.32 Å². The summed E-state index contributed by atoms with van der Waals surface area (Å²) in [5.41, 5.74) is -0.552. The molecule has 0 radical (unpaired) electrons. The van der Waals surface area contributed by atoms with Gasteiger partial charge in [-0.2, -0.15) is 13.2 Å². The number of hydrogen-bond donors (Lipinski definition) is 1. The van der Waals surface area contributed by atoms with Gasteiger partial charge < -0.3 is 15.0 Å². The number of rotatable bonds is 6. The van der Waals surface area contributed by atoms with Crippen LogP contribution in [0, 0.1) is 18.7 Å². The summed E-state index contributed by atoms with van der Waals surface area (Å²) in [7, 11) is -3.59. The van der Waals surface area contributed by atoms with E-state index >= 15 is 0 Å². The van der Waals surface area contributed by atoms with E-state index in [4.69, 9.17) is 4.74 Å². The summed E-state index contributed by atoms with van der Waals surface area (Å²) in [6.07, 6.45) is -2.87. The van der Waals surface area contributed by atoms with Gasteiger partial charge in [0.1, 0.15) is 11.9 Å². The number of aryl methyl sites for hydroxylation is 1. The summed E-state index contributed by atoms with van der Waals surface area (Å²) in [6, 6.07) is 4.23. The first-order valence-corrected chi connectivity index (χ1v) is 13.9. The monoisotopic (exact) mass is 556 g/mol. The van der Waals surface area contributed by atoms with Gasteiger partial charge >= 0.3 is 6.18 Å². The second-order valence-corrected chi connectivity index (χ2v) is 12.0. The Hall–Kier alpha value is -2.99. The Balaban J connectivity index is 1.61. The Bertz CT molecular complexity index is 1360. The fourth-order valence-electron chi connectivity index (χ4n) is 4.92. The SMILES string of the molecule is Cc1cc(C(=O)N2[C@H](C)CC[C@@H]2C(=O)N[C@@H](c2ccc(C(F)(F)F)cc2F)C2COC2)cc(S(C)(=O)=O)c1. The standard InChI is InChI=1S/C26H28F4N2O5S/c1-14-8-16(10-19(9-14)38(3,35)36)25(34)32-15(2)4-7-22(32)24(33)31-23(17-12-37-13-17)20-6-5-18(11-21(20)27)26(28,29)30/h5-6,8-11,15,17,22-23H,4,7,12-13H2,1-3H3,(H,31,33)/t15-,22-,23-/m1/s1. The average molecular weight is 557 g/mol. The Morgan fingerprint density at radius 3 is 2.34 bits per heavy atom. The van der Waals surface area contributed by atoms with E-state index in [1.165, 1.54) is 17.0 Å². The number of halogens is 4. The third-order valence-electron chi connectivity index (χ3n) is 7.03. The van der Waals surface area contributed by atoms with Crippen LogP contribution in [-0.2, 0) is 25.5 Å². The van der Waals surface area contributed by atoms with Crippen LogP contribution in [0.5, 0.6) is 0 Å². The first kappa shape index (κ1) is 28.0. The number of nitrogens with one attached hydrogen (secondary N) is 1. The highest BCUT2D eigenvalue weighted by Crippen LogP contribution is 2.35. The maximum Gasteiger partial charge on any atom is 0.416 e. The predicted octanol–water partition coefficient (Wildman–Crippen LogP) is 4.05. The lowest BCUT2D eigenvalue weighted by molar-refractivity contribution is -0.138. The maximum absolute atomic E-state index is 14.8. The lowest BCUT2D eigenvalue weighted by Crippen LogP contribution is -2.51. The Kier molecular flexibility index (Phi) is 7.59. The molecule has 2 aromatic rings. The van der Waals surface area contributed by atoms with Gasteiger partial charge in [-0.3, -0.25) is 9.59 Å². The average Bonchev–Trinajstić information content (AvgIpc) is 3.16. The second-order valence-electron chi connectivity index (χ2n) is 9.98. The number of benzene rings is 2. The molecule has 0 unspecified atom stereocenters. The van der Waals surface area contributed by atoms with Crippen molar-refractivity contribution in [2.24, 2.45) is 5.92 Å². The molecule has 1 N–H and O–H groups in total. The van der Waals surface area contributed by atoms with E-state index in [9.17, 15) is 35.6 Å². The zero-order valence-electron chi connectivity index (χ0n) is 21.0. The molecular weight excluding hydrogens is 528 g/mol. The molecule has 2 amide bonds. The molecule has 2 fully saturated rings. The highest BCUT2D eigenvalue weighted by Gasteiger charge is 2.42. The van der Waals surface area contributed by atoms with Crippen molar-refractivity contribution in [3.8, 4) is 0 Å². The Morgan fingerprint density at radius 1 is 1.11 bits per heavy atom. The van der Waals surface area contributed by atoms with Crippen LogP contribution in [0.25, 0.3) is 0 Å². The molecule has 38 heavy (non-hydrogen) atoms. The largest absolute Gasteiger partial charge is 0.416 e. The van der Waals surface area contributed by atoms with Crippen molar-refractivity contribution in [3.63, 3.8) is 0 Å². The topological polar surface area (TPSA) is 92.8 Å². The summed E-state index contributed by atoms with van der Waals surface area (Å²) in [4.78, 5) is 28.3. The number of alkyl halides is 3. The van der Waals surface area contributed by atoms with Gasteiger partial charge in [-0.1, -0.05) is 6.07 Å². The highest BCUT2D eigenvalue weighted by molar-refractivity contribution is 7.90. The summed E-state index contributed by atoms with van der Waals surface area (Å²) >= 11 is 0. The van der Waals surface area contributed by atoms with E-state index in [0.717, 1.165) is 18.4 Å². The molecule has 206 valence electrons. The number of carbonyl (C=O) groups is 2. The van der Waals surface area contributed by atoms with E-state index < -0.39 is 51.3 Å². The molecular formula is C26H28F4N2O5S. The van der Waals surface area contributed by atoms with E-state index in [1.807, 2.05) is 0 Å². The molecule has 0 aromatic heterocycles. The number of likely N-dealkylation sites (tertiary alicyclic amines) is 1. The van der Waals surface area contributed by atoms with Gasteiger partial charge in [-0.25, -0.2) is 12.8 Å². The molecule has 0 spiro atoms. The van der Waals surface area contributed by atoms with Crippen molar-refractivity contribution in [1.29, 1.82) is 0 Å². The van der Waals surface area contributed by atoms with Crippen molar-refractivity contribution in [3.05, 3.63) is 64.5 Å². The summed E-state index contributed by atoms with van der Waals surface area (Å²) in [5, 5.41) is 2.75. The molecule has 3 atom stereocenters. The first-order valence-electron chi connectivity index (χ1n) is 12.1. The van der Waals surface area contributed by atoms with Crippen molar-refractivity contribution in [2.75, 3.05) is 19.5 Å². The molecule has 0 saturated carbocycles. The van der Waals surface area contributed by atoms with Gasteiger partial charge in [0.25, 0.3) is 5.91 Å². The van der Waals surface area contributed by atoms with Crippen molar-refractivity contribution >= 4 is 21.7 Å². The molecule has 7 nitrogen and oxygen atoms in total. The number of ether oxygens (including phenoxy) is 1. The molecule has 2 aliphatic rings. The minimum Gasteiger partial charge on any atom is -0.381 e. The van der Waals surface area contributed by atoms with Crippen molar-refractivity contribution in [2.45, 2.75) is 55.9 Å². The van der Waals surface area contributed by atoms with E-state index in [-0.39, 0.29) is 41.2 Å². The molecule has 0 aliphatic carbocycles. The zero-order valence-corrected chi connectivity index (χ0v) is 21.8. The smallest absolute Gasteiger partial charge is 0.381 e. The molecule has 2 heterocycles. The number of nitrogens with zero attached hydrogens (tertiary/aromatic N) is 1. The lowest BCUT2D eigenvalue weighted by Gasteiger charge is -2.36. The van der Waals surface area contributed by atoms with Crippen LogP contribution in [-0.4, -0.2) is 56.7 Å². The van der Waals surface area contributed by atoms with E-state index in [0.29, 0.717) is 24.5 Å². The summed E-state index contributed by atoms with van der Waals surface area (Å²) in [6.45, 7) is 3.80. The van der Waals surface area contributed by atoms with Crippen molar-refractivity contribution < 1.29 is 40.3 Å². The minimum absolute atomic E-state index is 0.0171. The fraction of sp³-hybridized carbons (Fsp3) is 0.462. The summed E-state index contributed by atoms with van der Waals surface area (Å²) < 4.78 is 83.3. The molecule has 0 bridgehead atoms. The third-order valence-corrected chi connectivity index (χ3v) is 8.12. The van der Waals surface area contributed by atoms with E-state index in [2.05, 4.69) is 5.32 Å². The Labute approximate surface area is 218 Å². The Morgan fingerprint density at radius 2 is 1.79 bits per heavy atom. The van der Waals surface area contributed by atoms with E-state index in [1.54, 1.807) is 19.9 Å². The molecule has 2 aliphatic heterocycles. The van der Waals surface area contributed by atoms with Crippen LogP contribution in [0.2, 0.25) is 0 Å². The van der Waals surface area contributed by atoms with Crippen LogP contribution >= 0.6 is 0 Å². The van der Waals surface area contributed by atoms with Crippen LogP contribution in [0.15, 0.2) is 41.3 Å². The predicted molar refractivity (Wildman–Crippen MR) is 130 cm³/mol. The fourth-order valence-corrected chi connectivity index (χ4v) is 5.66. The van der Waals surface area contributed by atoms with Gasteiger partial charge in [0, 0.05) is 29.3 Å². The number of carbonyl (C=O) groups excluding carboxylic acids is 2. The highest BCUT2D eigenvalue weighted by atomic mass is 32.2. The quantitative estimate of drug-likeness (QED) is 0.542. The summed E-state index contributed by atoms with van der Waals surface area (Å²) in [5.74, 6) is -2.55. The number of hydrogen-bond acceptors (Lipinski definition) is 5. The van der Waals surface area contributed by atoms with Crippen molar-refractivity contribution in [1.82, 2.24) is 10.2 Å². The minimum atomic E-state index is -4.72. The van der Waals surface area contributed by atoms with Gasteiger partial charge in [-0.05, 0) is 62.6 Å². The van der Waals surface area contributed by atoms with Crippen LogP contribution in [0.4, 0.5) is 17.6 Å². The van der Waals surface area contributed by atoms with Crippen LogP contribution in [0.1, 0.15) is 52.9 Å². The number of sulfone groups is 1. The lowest BCUT2D eigenvalue weighted by atomic mass is 9.90.